The lowest BCUT2D eigenvalue weighted by Crippen LogP contribution is -2.33. The van der Waals surface area contributed by atoms with Crippen molar-refractivity contribution in [2.75, 3.05) is 13.1 Å². The van der Waals surface area contributed by atoms with Crippen LogP contribution < -0.4 is 16.2 Å². The maximum atomic E-state index is 12.3. The molecular formula is C22H29N3O2. The van der Waals surface area contributed by atoms with Crippen molar-refractivity contribution in [2.24, 2.45) is 11.8 Å². The van der Waals surface area contributed by atoms with Gasteiger partial charge in [-0.3, -0.25) is 9.59 Å². The smallest absolute Gasteiger partial charge is 0.250 e. The van der Waals surface area contributed by atoms with Crippen LogP contribution in [0.3, 0.4) is 0 Å². The zero-order valence-electron chi connectivity index (χ0n) is 16.0. The molecule has 1 aromatic carbocycles. The number of carbonyl (C=O) groups is 1. The molecule has 1 aliphatic heterocycles. The van der Waals surface area contributed by atoms with Gasteiger partial charge in [0, 0.05) is 25.2 Å². The number of rotatable bonds is 7. The van der Waals surface area contributed by atoms with E-state index in [0.29, 0.717) is 31.3 Å². The lowest BCUT2D eigenvalue weighted by Gasteiger charge is -2.27. The normalized spacial score (nSPS) is 16.0. The van der Waals surface area contributed by atoms with Crippen molar-refractivity contribution in [1.82, 2.24) is 15.2 Å². The fraction of sp³-hybridized carbons (Fsp3) is 0.455. The van der Waals surface area contributed by atoms with Crippen LogP contribution in [-0.4, -0.2) is 23.6 Å². The van der Waals surface area contributed by atoms with Crippen LogP contribution in [0.2, 0.25) is 0 Å². The molecule has 2 aromatic rings. The van der Waals surface area contributed by atoms with Crippen molar-refractivity contribution >= 4 is 5.91 Å². The minimum absolute atomic E-state index is 0.00305. The molecule has 27 heavy (non-hydrogen) atoms. The first-order chi connectivity index (χ1) is 13.1. The Morgan fingerprint density at radius 2 is 1.85 bits per heavy atom. The van der Waals surface area contributed by atoms with Crippen LogP contribution in [0.5, 0.6) is 0 Å². The summed E-state index contributed by atoms with van der Waals surface area (Å²) in [6.45, 7) is 5.43. The van der Waals surface area contributed by atoms with Crippen molar-refractivity contribution in [3.05, 3.63) is 70.1 Å². The number of carbonyl (C=O) groups excluding carboxylic acids is 1. The van der Waals surface area contributed by atoms with E-state index in [9.17, 15) is 9.59 Å². The number of amides is 1. The van der Waals surface area contributed by atoms with Crippen LogP contribution in [0, 0.1) is 11.8 Å². The van der Waals surface area contributed by atoms with E-state index in [2.05, 4.69) is 17.6 Å². The first kappa shape index (κ1) is 19.4. The standard InChI is InChI=1S/C22H29N3O2/c1-17(20-9-11-23-12-10-20)14-21(26)24-15-18-5-7-19(8-6-18)16-25-13-3-2-4-22(25)27/h2-8,13,17,20,23H,9-12,14-16H2,1H3,(H,24,26). The van der Waals surface area contributed by atoms with Gasteiger partial charge in [0.25, 0.3) is 5.56 Å². The summed E-state index contributed by atoms with van der Waals surface area (Å²) in [5.41, 5.74) is 2.14. The molecule has 5 heteroatoms. The highest BCUT2D eigenvalue weighted by Gasteiger charge is 2.21. The van der Waals surface area contributed by atoms with E-state index in [1.165, 1.54) is 12.8 Å². The Morgan fingerprint density at radius 1 is 1.15 bits per heavy atom. The van der Waals surface area contributed by atoms with Gasteiger partial charge in [-0.25, -0.2) is 0 Å². The van der Waals surface area contributed by atoms with Gasteiger partial charge < -0.3 is 15.2 Å². The van der Waals surface area contributed by atoms with Crippen LogP contribution >= 0.6 is 0 Å². The second kappa shape index (κ2) is 9.51. The lowest BCUT2D eigenvalue weighted by atomic mass is 9.84. The Balaban J connectivity index is 1.46. The van der Waals surface area contributed by atoms with Gasteiger partial charge in [-0.05, 0) is 55.0 Å². The fourth-order valence-electron chi connectivity index (χ4n) is 3.70. The number of benzene rings is 1. The van der Waals surface area contributed by atoms with Crippen molar-refractivity contribution in [3.8, 4) is 0 Å². The number of hydrogen-bond donors (Lipinski definition) is 2. The Labute approximate surface area is 160 Å². The van der Waals surface area contributed by atoms with E-state index in [0.717, 1.165) is 24.2 Å². The Bertz CT molecular complexity index is 792. The average molecular weight is 367 g/mol. The molecule has 1 atom stereocenters. The summed E-state index contributed by atoms with van der Waals surface area (Å²) in [7, 11) is 0. The van der Waals surface area contributed by atoms with Crippen LogP contribution in [0.25, 0.3) is 0 Å². The molecule has 0 radical (unpaired) electrons. The molecule has 3 rings (SSSR count). The average Bonchev–Trinajstić information content (AvgIpc) is 2.70. The maximum absolute atomic E-state index is 12.3. The monoisotopic (exact) mass is 367 g/mol. The molecule has 0 bridgehead atoms. The topological polar surface area (TPSA) is 63.1 Å². The predicted molar refractivity (Wildman–Crippen MR) is 107 cm³/mol. The van der Waals surface area contributed by atoms with Crippen molar-refractivity contribution in [2.45, 2.75) is 39.3 Å². The fourth-order valence-corrected chi connectivity index (χ4v) is 3.70. The molecule has 1 aliphatic rings. The van der Waals surface area contributed by atoms with Crippen LogP contribution in [0.15, 0.2) is 53.5 Å². The predicted octanol–water partition coefficient (Wildman–Crippen LogP) is 2.54. The number of nitrogens with zero attached hydrogens (tertiary/aromatic N) is 1. The second-order valence-electron chi connectivity index (χ2n) is 7.53. The summed E-state index contributed by atoms with van der Waals surface area (Å²) in [4.78, 5) is 24.0. The van der Waals surface area contributed by atoms with Crippen LogP contribution in [-0.2, 0) is 17.9 Å². The summed E-state index contributed by atoms with van der Waals surface area (Å²) in [5.74, 6) is 1.21. The summed E-state index contributed by atoms with van der Waals surface area (Å²) in [6, 6.07) is 13.2. The first-order valence-electron chi connectivity index (χ1n) is 9.82. The summed E-state index contributed by atoms with van der Waals surface area (Å²) in [6.07, 6.45) is 4.72. The van der Waals surface area contributed by atoms with Crippen molar-refractivity contribution in [1.29, 1.82) is 0 Å². The minimum Gasteiger partial charge on any atom is -0.352 e. The molecule has 2 heterocycles. The molecule has 144 valence electrons. The number of pyridine rings is 1. The number of piperidine rings is 1. The first-order valence-corrected chi connectivity index (χ1v) is 9.82. The van der Waals surface area contributed by atoms with E-state index in [1.807, 2.05) is 30.3 Å². The minimum atomic E-state index is -0.00305. The highest BCUT2D eigenvalue weighted by Crippen LogP contribution is 2.24. The summed E-state index contributed by atoms with van der Waals surface area (Å²) in [5, 5.41) is 6.41. The van der Waals surface area contributed by atoms with E-state index in [4.69, 9.17) is 0 Å². The molecule has 1 aromatic heterocycles. The van der Waals surface area contributed by atoms with Crippen LogP contribution in [0.4, 0.5) is 0 Å². The van der Waals surface area contributed by atoms with Crippen LogP contribution in [0.1, 0.15) is 37.3 Å². The van der Waals surface area contributed by atoms with E-state index in [-0.39, 0.29) is 11.5 Å². The molecule has 1 saturated heterocycles. The molecule has 2 N–H and O–H groups in total. The summed E-state index contributed by atoms with van der Waals surface area (Å²) < 4.78 is 1.68. The van der Waals surface area contributed by atoms with E-state index >= 15 is 0 Å². The SMILES string of the molecule is CC(CC(=O)NCc1ccc(Cn2ccccc2=O)cc1)C1CCNCC1. The van der Waals surface area contributed by atoms with Crippen molar-refractivity contribution < 1.29 is 4.79 Å². The van der Waals surface area contributed by atoms with Gasteiger partial charge in [0.05, 0.1) is 6.54 Å². The Kier molecular flexibility index (Phi) is 6.82. The van der Waals surface area contributed by atoms with E-state index < -0.39 is 0 Å². The van der Waals surface area contributed by atoms with Gasteiger partial charge in [-0.2, -0.15) is 0 Å². The highest BCUT2D eigenvalue weighted by atomic mass is 16.1. The molecule has 5 nitrogen and oxygen atoms in total. The molecule has 0 spiro atoms. The van der Waals surface area contributed by atoms with Gasteiger partial charge in [0.2, 0.25) is 5.91 Å². The quantitative estimate of drug-likeness (QED) is 0.790. The van der Waals surface area contributed by atoms with Gasteiger partial charge in [-0.15, -0.1) is 0 Å². The summed E-state index contributed by atoms with van der Waals surface area (Å²) >= 11 is 0. The number of nitrogens with one attached hydrogen (secondary N) is 2. The van der Waals surface area contributed by atoms with Crippen molar-refractivity contribution in [3.63, 3.8) is 0 Å². The second-order valence-corrected chi connectivity index (χ2v) is 7.53. The Morgan fingerprint density at radius 3 is 2.56 bits per heavy atom. The third-order valence-corrected chi connectivity index (χ3v) is 5.46. The van der Waals surface area contributed by atoms with Gasteiger partial charge in [0.1, 0.15) is 0 Å². The van der Waals surface area contributed by atoms with Gasteiger partial charge >= 0.3 is 0 Å². The molecule has 1 unspecified atom stereocenters. The zero-order chi connectivity index (χ0) is 19.1. The van der Waals surface area contributed by atoms with Gasteiger partial charge in [-0.1, -0.05) is 37.3 Å². The molecule has 1 fully saturated rings. The van der Waals surface area contributed by atoms with E-state index in [1.54, 1.807) is 22.9 Å². The highest BCUT2D eigenvalue weighted by molar-refractivity contribution is 5.76. The zero-order valence-corrected chi connectivity index (χ0v) is 16.0. The third kappa shape index (κ3) is 5.79. The molecular weight excluding hydrogens is 338 g/mol. The molecule has 0 aliphatic carbocycles. The van der Waals surface area contributed by atoms with Gasteiger partial charge in [0.15, 0.2) is 0 Å². The largest absolute Gasteiger partial charge is 0.352 e. The number of hydrogen-bond acceptors (Lipinski definition) is 3. The maximum Gasteiger partial charge on any atom is 0.250 e. The Hall–Kier alpha value is -2.40. The third-order valence-electron chi connectivity index (χ3n) is 5.46. The molecule has 0 saturated carbocycles. The number of aromatic nitrogens is 1. The lowest BCUT2D eigenvalue weighted by molar-refractivity contribution is -0.122. The molecule has 1 amide bonds.